The number of carbonyl (C=O) groups excluding carboxylic acids is 3. The minimum absolute atomic E-state index is 0.00250. The highest BCUT2D eigenvalue weighted by atomic mass is 32.2. The Bertz CT molecular complexity index is 2260. The molecule has 3 aliphatic heterocycles. The van der Waals surface area contributed by atoms with Gasteiger partial charge >= 0.3 is 11.9 Å². The lowest BCUT2D eigenvalue weighted by atomic mass is 10.0. The molecule has 3 amide bonds. The quantitative estimate of drug-likeness (QED) is 0.0570. The predicted molar refractivity (Wildman–Crippen MR) is 205 cm³/mol. The fourth-order valence-corrected chi connectivity index (χ4v) is 8.87. The number of hydrogen-bond donors (Lipinski definition) is 6. The molecule has 0 saturated carbocycles. The van der Waals surface area contributed by atoms with Crippen LogP contribution in [0.5, 0.6) is 5.75 Å². The molecule has 2 saturated heterocycles. The maximum absolute atomic E-state index is 13.6. The van der Waals surface area contributed by atoms with Crippen molar-refractivity contribution >= 4 is 74.5 Å². The van der Waals surface area contributed by atoms with E-state index in [2.05, 4.69) is 25.9 Å². The van der Waals surface area contributed by atoms with Gasteiger partial charge in [0.25, 0.3) is 17.7 Å². The number of carboxylic acids is 2. The van der Waals surface area contributed by atoms with Crippen molar-refractivity contribution in [3.63, 3.8) is 0 Å². The van der Waals surface area contributed by atoms with Gasteiger partial charge in [0.2, 0.25) is 11.0 Å². The summed E-state index contributed by atoms with van der Waals surface area (Å²) in [7, 11) is 0. The van der Waals surface area contributed by atoms with Gasteiger partial charge in [-0.05, 0) is 45.4 Å². The average Bonchev–Trinajstić information content (AvgIpc) is 3.80. The second-order valence-corrected chi connectivity index (χ2v) is 16.3. The van der Waals surface area contributed by atoms with Gasteiger partial charge in [0, 0.05) is 36.1 Å². The third kappa shape index (κ3) is 7.65. The summed E-state index contributed by atoms with van der Waals surface area (Å²) in [4.78, 5) is 88.3. The molecule has 2 fully saturated rings. The number of phenolic OH excluding ortho intramolecular Hbond substituents is 1. The van der Waals surface area contributed by atoms with E-state index in [4.69, 9.17) is 10.6 Å². The summed E-state index contributed by atoms with van der Waals surface area (Å²) in [5.74, 6) is -4.67. The maximum Gasteiger partial charge on any atom is 0.352 e. The molecule has 6 rings (SSSR count). The molecule has 19 nitrogen and oxygen atoms in total. The normalized spacial score (nSPS) is 19.4. The van der Waals surface area contributed by atoms with Gasteiger partial charge in [-0.1, -0.05) is 5.16 Å². The Morgan fingerprint density at radius 3 is 2.50 bits per heavy atom. The van der Waals surface area contributed by atoms with E-state index in [1.54, 1.807) is 13.0 Å². The molecule has 3 aromatic rings. The number of likely N-dealkylation sites (tertiary alicyclic amines) is 1. The number of nitrogens with two attached hydrogens (primary N) is 1. The molecule has 5 heterocycles. The Morgan fingerprint density at radius 2 is 1.88 bits per heavy atom. The van der Waals surface area contributed by atoms with Crippen LogP contribution >= 0.6 is 23.1 Å². The van der Waals surface area contributed by atoms with Gasteiger partial charge in [0.15, 0.2) is 16.5 Å². The summed E-state index contributed by atoms with van der Waals surface area (Å²) in [5, 5.41) is 44.5. The van der Waals surface area contributed by atoms with Gasteiger partial charge in [-0.15, -0.1) is 23.1 Å². The number of aromatic hydroxyl groups is 1. The molecule has 1 aromatic carbocycles. The second kappa shape index (κ2) is 15.5. The van der Waals surface area contributed by atoms with E-state index in [9.17, 15) is 44.1 Å². The molecule has 2 aromatic heterocycles. The lowest BCUT2D eigenvalue weighted by Gasteiger charge is -2.50. The van der Waals surface area contributed by atoms with E-state index >= 15 is 0 Å². The number of phenols is 1. The van der Waals surface area contributed by atoms with Crippen molar-refractivity contribution in [1.29, 1.82) is 0 Å². The van der Waals surface area contributed by atoms with Crippen molar-refractivity contribution in [3.05, 3.63) is 56.0 Å². The Kier molecular flexibility index (Phi) is 11.1. The molecule has 21 heteroatoms. The number of quaternary nitrogens is 1. The van der Waals surface area contributed by atoms with Crippen molar-refractivity contribution in [2.45, 2.75) is 64.1 Å². The Balaban J connectivity index is 1.16. The number of fused-ring (bicyclic) bond motifs is 2. The van der Waals surface area contributed by atoms with Crippen molar-refractivity contribution < 1.29 is 48.6 Å². The first-order valence-corrected chi connectivity index (χ1v) is 19.7. The molecule has 0 radical (unpaired) electrons. The number of anilines is 1. The molecule has 0 unspecified atom stereocenters. The lowest BCUT2D eigenvalue weighted by Crippen LogP contribution is -2.71. The van der Waals surface area contributed by atoms with E-state index < -0.39 is 57.8 Å². The van der Waals surface area contributed by atoms with Gasteiger partial charge in [-0.3, -0.25) is 28.8 Å². The summed E-state index contributed by atoms with van der Waals surface area (Å²) in [6.45, 7) is 8.66. The molecule has 0 spiro atoms. The van der Waals surface area contributed by atoms with E-state index in [-0.39, 0.29) is 45.6 Å². The van der Waals surface area contributed by atoms with Crippen LogP contribution in [0.3, 0.4) is 0 Å². The van der Waals surface area contributed by atoms with Crippen LogP contribution in [0, 0.1) is 6.92 Å². The van der Waals surface area contributed by atoms with E-state index in [0.29, 0.717) is 53.9 Å². The highest BCUT2D eigenvalue weighted by Gasteiger charge is 2.55. The van der Waals surface area contributed by atoms with Crippen molar-refractivity contribution in [1.82, 2.24) is 30.3 Å². The van der Waals surface area contributed by atoms with E-state index in [1.165, 1.54) is 41.7 Å². The second-order valence-electron chi connectivity index (χ2n) is 14.3. The van der Waals surface area contributed by atoms with Crippen LogP contribution in [0.25, 0.3) is 10.9 Å². The number of carboxylic acid groups (broad SMARTS) is 2. The molecular weight excluding hydrogens is 771 g/mol. The first kappa shape index (κ1) is 40.1. The van der Waals surface area contributed by atoms with Gasteiger partial charge in [-0.25, -0.2) is 14.6 Å². The van der Waals surface area contributed by atoms with Gasteiger partial charge in [0.05, 0.1) is 37.1 Å². The number of thiazole rings is 1. The van der Waals surface area contributed by atoms with Crippen molar-refractivity contribution in [3.8, 4) is 5.75 Å². The van der Waals surface area contributed by atoms with E-state index in [0.717, 1.165) is 29.1 Å². The topological polar surface area (TPSA) is 269 Å². The van der Waals surface area contributed by atoms with Crippen LogP contribution < -0.4 is 21.8 Å². The molecule has 3 aliphatic rings. The molecular formula is C35H42N9O10S2+. The molecule has 0 bridgehead atoms. The standard InChI is InChI=1S/C35H41N9O10S2/c1-5-42-21-12-17(2)22(45)13-19(21)27(46)24(40-42)28(47)37-8-11-44(9-6-7-10-44)14-18-15-55-31-25(30(49)43(31)26(18)32(50)51)39-29(48)23(20-16-56-34(36)38-20)41-54-35(3,4)33(52)53/h12-13,16,25,31H,5-11,14-15H2,1-4H3,(H6-,36,37,38,39,45,47,48,50,51,52,53)/p+1/b41-23-/t25-,31-/m1/s1. The third-order valence-corrected chi connectivity index (χ3v) is 12.1. The van der Waals surface area contributed by atoms with Gasteiger partial charge in [0.1, 0.15) is 35.1 Å². The van der Waals surface area contributed by atoms with Crippen LogP contribution in [0.2, 0.25) is 0 Å². The van der Waals surface area contributed by atoms with Crippen LogP contribution in [0.15, 0.2) is 38.7 Å². The zero-order chi connectivity index (χ0) is 40.7. The lowest BCUT2D eigenvalue weighted by molar-refractivity contribution is -0.911. The van der Waals surface area contributed by atoms with Gasteiger partial charge in [-0.2, -0.15) is 5.10 Å². The summed E-state index contributed by atoms with van der Waals surface area (Å²) < 4.78 is 1.98. The smallest absolute Gasteiger partial charge is 0.352 e. The number of hydrogen-bond acceptors (Lipinski definition) is 14. The molecule has 7 N–H and O–H groups in total. The zero-order valence-electron chi connectivity index (χ0n) is 31.0. The number of aromatic nitrogens is 3. The molecule has 2 atom stereocenters. The highest BCUT2D eigenvalue weighted by molar-refractivity contribution is 8.00. The first-order chi connectivity index (χ1) is 26.5. The van der Waals surface area contributed by atoms with Crippen LogP contribution in [-0.2, 0) is 30.6 Å². The summed E-state index contributed by atoms with van der Waals surface area (Å²) >= 11 is 2.30. The summed E-state index contributed by atoms with van der Waals surface area (Å²) in [6.07, 6.45) is 1.74. The largest absolute Gasteiger partial charge is 0.508 e. The van der Waals surface area contributed by atoms with Gasteiger partial charge < -0.3 is 41.0 Å². The summed E-state index contributed by atoms with van der Waals surface area (Å²) in [6, 6.07) is 1.86. The fraction of sp³-hybridized carbons (Fsp3) is 0.457. The number of thioether (sulfide) groups is 1. The highest BCUT2D eigenvalue weighted by Crippen LogP contribution is 2.41. The van der Waals surface area contributed by atoms with Crippen molar-refractivity contribution in [2.24, 2.45) is 5.16 Å². The van der Waals surface area contributed by atoms with Crippen molar-refractivity contribution in [2.75, 3.05) is 44.2 Å². The summed E-state index contributed by atoms with van der Waals surface area (Å²) in [5.41, 5.74) is 4.06. The minimum Gasteiger partial charge on any atom is -0.508 e. The Hall–Kier alpha value is -5.54. The third-order valence-electron chi connectivity index (χ3n) is 10.1. The van der Waals surface area contributed by atoms with Crippen LogP contribution in [0.1, 0.15) is 55.4 Å². The zero-order valence-corrected chi connectivity index (χ0v) is 32.7. The van der Waals surface area contributed by atoms with Crippen LogP contribution in [-0.4, -0.2) is 130 Å². The average molecular weight is 813 g/mol. The number of rotatable bonds is 14. The number of nitrogens with one attached hydrogen (secondary N) is 2. The number of amides is 3. The molecule has 0 aliphatic carbocycles. The molecule has 56 heavy (non-hydrogen) atoms. The molecule has 298 valence electrons. The predicted octanol–water partition coefficient (Wildman–Crippen LogP) is 0.832. The Labute approximate surface area is 327 Å². The fourth-order valence-electron chi connectivity index (χ4n) is 6.99. The number of oxime groups is 1. The minimum atomic E-state index is -1.80. The number of β-lactam (4-membered cyclic amide) rings is 1. The van der Waals surface area contributed by atoms with E-state index in [1.807, 2.05) is 6.92 Å². The SMILES string of the molecule is CCn1nc(C(=O)NCC[N+]2(CC3=C(C(=O)O)N4C(=O)[C@@H](NC(=O)/C(=N\OC(C)(C)C(=O)O)c5csc(N)n5)[C@H]4SC3)CCCC2)c(=O)c2cc(O)c(C)cc21. The number of aryl methyl sites for hydroxylation is 2. The number of benzene rings is 1. The Morgan fingerprint density at radius 1 is 1.16 bits per heavy atom. The van der Waals surface area contributed by atoms with Crippen LogP contribution in [0.4, 0.5) is 5.13 Å². The number of carbonyl (C=O) groups is 5. The number of aliphatic carboxylic acids is 2. The maximum atomic E-state index is 13.6. The monoisotopic (exact) mass is 812 g/mol. The first-order valence-electron chi connectivity index (χ1n) is 17.8. The number of nitrogen functional groups attached to an aromatic ring is 1. The number of nitrogens with zero attached hydrogens (tertiary/aromatic N) is 6.